The summed E-state index contributed by atoms with van der Waals surface area (Å²) in [5.74, 6) is -0.490. The third-order valence-corrected chi connectivity index (χ3v) is 9.07. The van der Waals surface area contributed by atoms with Crippen molar-refractivity contribution >= 4 is 50.7 Å². The smallest absolute Gasteiger partial charge is 0.264 e. The van der Waals surface area contributed by atoms with Gasteiger partial charge in [-0.25, -0.2) is 8.42 Å². The van der Waals surface area contributed by atoms with Gasteiger partial charge in [0.05, 0.1) is 17.7 Å². The predicted molar refractivity (Wildman–Crippen MR) is 163 cm³/mol. The van der Waals surface area contributed by atoms with E-state index in [9.17, 15) is 18.0 Å². The normalized spacial score (nSPS) is 12.7. The van der Waals surface area contributed by atoms with Crippen molar-refractivity contribution in [3.05, 3.63) is 88.4 Å². The summed E-state index contributed by atoms with van der Waals surface area (Å²) in [5, 5.41) is 3.70. The van der Waals surface area contributed by atoms with Crippen molar-refractivity contribution in [3.8, 4) is 5.75 Å². The van der Waals surface area contributed by atoms with Crippen LogP contribution in [-0.4, -0.2) is 50.9 Å². The SMILES string of the molecule is CC[C@@H](C)NC(=O)[C@@H](CC)N(Cc1ccc(Cl)cc1Cl)C(=O)CN(c1cccc(OC)c1)S(=O)(=O)c1ccccc1. The maximum atomic E-state index is 14.1. The summed E-state index contributed by atoms with van der Waals surface area (Å²) in [7, 11) is -2.71. The van der Waals surface area contributed by atoms with Gasteiger partial charge in [-0.1, -0.05) is 67.4 Å². The van der Waals surface area contributed by atoms with Crippen LogP contribution in [-0.2, 0) is 26.2 Å². The van der Waals surface area contributed by atoms with Crippen LogP contribution in [0.25, 0.3) is 0 Å². The van der Waals surface area contributed by atoms with Crippen LogP contribution in [0, 0.1) is 0 Å². The van der Waals surface area contributed by atoms with Crippen molar-refractivity contribution in [3.63, 3.8) is 0 Å². The van der Waals surface area contributed by atoms with Gasteiger partial charge in [0.2, 0.25) is 11.8 Å². The highest BCUT2D eigenvalue weighted by Crippen LogP contribution is 2.28. The van der Waals surface area contributed by atoms with Gasteiger partial charge in [0, 0.05) is 28.7 Å². The molecule has 0 aliphatic heterocycles. The molecule has 0 unspecified atom stereocenters. The standard InChI is InChI=1S/C30H35Cl2N3O5S/c1-5-21(3)33-30(37)28(6-2)34(19-22-15-16-23(31)17-27(22)32)29(36)20-35(24-11-10-12-25(18-24)40-4)41(38,39)26-13-8-7-9-14-26/h7-18,21,28H,5-6,19-20H2,1-4H3,(H,33,37)/t21-,28-/m1/s1. The second kappa shape index (κ2) is 14.6. The summed E-state index contributed by atoms with van der Waals surface area (Å²) >= 11 is 12.5. The van der Waals surface area contributed by atoms with Gasteiger partial charge in [-0.3, -0.25) is 13.9 Å². The molecule has 0 aromatic heterocycles. The lowest BCUT2D eigenvalue weighted by Crippen LogP contribution is -2.53. The van der Waals surface area contributed by atoms with Crippen LogP contribution < -0.4 is 14.4 Å². The molecule has 0 bridgehead atoms. The Hall–Kier alpha value is -3.27. The average molecular weight is 621 g/mol. The summed E-state index contributed by atoms with van der Waals surface area (Å²) < 4.78 is 34.1. The number of sulfonamides is 1. The van der Waals surface area contributed by atoms with Gasteiger partial charge in [-0.05, 0) is 61.7 Å². The van der Waals surface area contributed by atoms with E-state index in [0.717, 1.165) is 4.31 Å². The van der Waals surface area contributed by atoms with Gasteiger partial charge in [0.25, 0.3) is 10.0 Å². The van der Waals surface area contributed by atoms with Crippen LogP contribution in [0.15, 0.2) is 77.7 Å². The van der Waals surface area contributed by atoms with Crippen molar-refractivity contribution in [1.82, 2.24) is 10.2 Å². The molecule has 0 heterocycles. The first-order valence-electron chi connectivity index (χ1n) is 13.3. The van der Waals surface area contributed by atoms with E-state index in [2.05, 4.69) is 5.32 Å². The molecule has 2 amide bonds. The number of carbonyl (C=O) groups excluding carboxylic acids is 2. The van der Waals surface area contributed by atoms with E-state index in [0.29, 0.717) is 34.2 Å². The molecule has 220 valence electrons. The van der Waals surface area contributed by atoms with Crippen LogP contribution >= 0.6 is 23.2 Å². The lowest BCUT2D eigenvalue weighted by Gasteiger charge is -2.34. The molecule has 0 aliphatic rings. The lowest BCUT2D eigenvalue weighted by molar-refractivity contribution is -0.140. The van der Waals surface area contributed by atoms with Crippen molar-refractivity contribution < 1.29 is 22.7 Å². The number of methoxy groups -OCH3 is 1. The molecule has 11 heteroatoms. The molecule has 0 saturated carbocycles. The number of carbonyl (C=O) groups is 2. The van der Waals surface area contributed by atoms with Crippen LogP contribution in [0.2, 0.25) is 10.0 Å². The Morgan fingerprint density at radius 1 is 0.951 bits per heavy atom. The van der Waals surface area contributed by atoms with E-state index in [1.807, 2.05) is 13.8 Å². The zero-order valence-electron chi connectivity index (χ0n) is 23.5. The van der Waals surface area contributed by atoms with Crippen molar-refractivity contribution in [1.29, 1.82) is 0 Å². The third-order valence-electron chi connectivity index (χ3n) is 6.69. The van der Waals surface area contributed by atoms with Gasteiger partial charge in [-0.2, -0.15) is 0 Å². The molecule has 1 N–H and O–H groups in total. The van der Waals surface area contributed by atoms with Gasteiger partial charge < -0.3 is 15.0 Å². The maximum Gasteiger partial charge on any atom is 0.264 e. The van der Waals surface area contributed by atoms with Crippen LogP contribution in [0.5, 0.6) is 5.75 Å². The summed E-state index contributed by atoms with van der Waals surface area (Å²) in [4.78, 5) is 28.9. The fraction of sp³-hybridized carbons (Fsp3) is 0.333. The van der Waals surface area contributed by atoms with E-state index in [1.54, 1.807) is 67.6 Å². The predicted octanol–water partition coefficient (Wildman–Crippen LogP) is 5.92. The first-order valence-corrected chi connectivity index (χ1v) is 15.5. The minimum atomic E-state index is -4.18. The second-order valence-electron chi connectivity index (χ2n) is 9.53. The van der Waals surface area contributed by atoms with E-state index in [4.69, 9.17) is 27.9 Å². The molecule has 0 spiro atoms. The number of ether oxygens (including phenoxy) is 1. The third kappa shape index (κ3) is 8.15. The number of nitrogens with one attached hydrogen (secondary N) is 1. The Kier molecular flexibility index (Phi) is 11.5. The Bertz CT molecular complexity index is 1450. The highest BCUT2D eigenvalue weighted by atomic mass is 35.5. The summed E-state index contributed by atoms with van der Waals surface area (Å²) in [5.41, 5.74) is 0.807. The quantitative estimate of drug-likeness (QED) is 0.256. The van der Waals surface area contributed by atoms with Gasteiger partial charge in [0.1, 0.15) is 18.3 Å². The molecule has 0 fully saturated rings. The zero-order chi connectivity index (χ0) is 30.2. The van der Waals surface area contributed by atoms with Crippen LogP contribution in [0.4, 0.5) is 5.69 Å². The molecular formula is C30H35Cl2N3O5S. The molecule has 8 nitrogen and oxygen atoms in total. The van der Waals surface area contributed by atoms with Crippen molar-refractivity contribution in [2.24, 2.45) is 0 Å². The van der Waals surface area contributed by atoms with Gasteiger partial charge in [-0.15, -0.1) is 0 Å². The molecular weight excluding hydrogens is 585 g/mol. The topological polar surface area (TPSA) is 96.0 Å². The highest BCUT2D eigenvalue weighted by Gasteiger charge is 2.34. The minimum absolute atomic E-state index is 0.0180. The molecule has 41 heavy (non-hydrogen) atoms. The number of amides is 2. The monoisotopic (exact) mass is 619 g/mol. The minimum Gasteiger partial charge on any atom is -0.497 e. The number of hydrogen-bond acceptors (Lipinski definition) is 5. The van der Waals surface area contributed by atoms with Gasteiger partial charge in [0.15, 0.2) is 0 Å². The van der Waals surface area contributed by atoms with E-state index in [-0.39, 0.29) is 29.1 Å². The first-order chi connectivity index (χ1) is 19.5. The maximum absolute atomic E-state index is 14.1. The number of anilines is 1. The number of nitrogens with zero attached hydrogens (tertiary/aromatic N) is 2. The lowest BCUT2D eigenvalue weighted by atomic mass is 10.1. The Labute approximate surface area is 252 Å². The molecule has 0 radical (unpaired) electrons. The number of halogens is 2. The Morgan fingerprint density at radius 2 is 1.66 bits per heavy atom. The van der Waals surface area contributed by atoms with Crippen LogP contribution in [0.3, 0.4) is 0 Å². The highest BCUT2D eigenvalue weighted by molar-refractivity contribution is 7.92. The van der Waals surface area contributed by atoms with Crippen molar-refractivity contribution in [2.75, 3.05) is 18.0 Å². The van der Waals surface area contributed by atoms with Crippen LogP contribution in [0.1, 0.15) is 39.2 Å². The fourth-order valence-corrected chi connectivity index (χ4v) is 6.10. The Morgan fingerprint density at radius 3 is 2.27 bits per heavy atom. The number of rotatable bonds is 13. The Balaban J connectivity index is 2.09. The summed E-state index contributed by atoms with van der Waals surface area (Å²) in [6, 6.07) is 18.2. The van der Waals surface area contributed by atoms with E-state index < -0.39 is 28.5 Å². The second-order valence-corrected chi connectivity index (χ2v) is 12.2. The van der Waals surface area contributed by atoms with E-state index in [1.165, 1.54) is 24.1 Å². The summed E-state index contributed by atoms with van der Waals surface area (Å²) in [6.07, 6.45) is 1.00. The molecule has 2 atom stereocenters. The summed E-state index contributed by atoms with van der Waals surface area (Å²) in [6.45, 7) is 5.03. The molecule has 0 saturated heterocycles. The fourth-order valence-electron chi connectivity index (χ4n) is 4.21. The first kappa shape index (κ1) is 32.2. The van der Waals surface area contributed by atoms with Gasteiger partial charge >= 0.3 is 0 Å². The number of benzene rings is 3. The number of hydrogen-bond donors (Lipinski definition) is 1. The molecule has 3 aromatic rings. The molecule has 0 aliphatic carbocycles. The molecule has 3 rings (SSSR count). The zero-order valence-corrected chi connectivity index (χ0v) is 25.8. The average Bonchev–Trinajstić information content (AvgIpc) is 2.97. The molecule has 3 aromatic carbocycles. The van der Waals surface area contributed by atoms with E-state index >= 15 is 0 Å². The van der Waals surface area contributed by atoms with Crippen molar-refractivity contribution in [2.45, 2.75) is 57.1 Å². The largest absolute Gasteiger partial charge is 0.497 e.